The molecule has 23 heavy (non-hydrogen) atoms. The van der Waals surface area contributed by atoms with Crippen LogP contribution in [-0.2, 0) is 11.2 Å². The molecule has 0 saturated heterocycles. The number of rotatable bonds is 5. The van der Waals surface area contributed by atoms with Gasteiger partial charge in [0.15, 0.2) is 0 Å². The van der Waals surface area contributed by atoms with Crippen LogP contribution in [0, 0.1) is 0 Å². The fourth-order valence-electron chi connectivity index (χ4n) is 3.30. The highest BCUT2D eigenvalue weighted by Crippen LogP contribution is 2.31. The number of hydrogen-bond donors (Lipinski definition) is 1. The van der Waals surface area contributed by atoms with Gasteiger partial charge in [-0.1, -0.05) is 37.3 Å². The van der Waals surface area contributed by atoms with E-state index in [0.717, 1.165) is 30.8 Å². The Balaban J connectivity index is 1.83. The number of carbonyl (C=O) groups excluding carboxylic acids is 1. The second-order valence-electron chi connectivity index (χ2n) is 6.00. The number of benzene rings is 2. The minimum Gasteiger partial charge on any atom is -0.378 e. The van der Waals surface area contributed by atoms with Crippen LogP contribution in [-0.4, -0.2) is 12.5 Å². The first-order valence-corrected chi connectivity index (χ1v) is 8.47. The summed E-state index contributed by atoms with van der Waals surface area (Å²) in [5.41, 5.74) is 4.77. The average Bonchev–Trinajstić information content (AvgIpc) is 2.60. The summed E-state index contributed by atoms with van der Waals surface area (Å²) < 4.78 is 0. The number of anilines is 2. The molecule has 2 aromatic rings. The van der Waals surface area contributed by atoms with Gasteiger partial charge in [0.1, 0.15) is 0 Å². The highest BCUT2D eigenvalue weighted by atomic mass is 16.2. The van der Waals surface area contributed by atoms with E-state index in [1.165, 1.54) is 11.1 Å². The van der Waals surface area contributed by atoms with Gasteiger partial charge in [0, 0.05) is 24.3 Å². The van der Waals surface area contributed by atoms with Crippen molar-refractivity contribution < 1.29 is 4.79 Å². The number of amides is 1. The van der Waals surface area contributed by atoms with E-state index in [0.29, 0.717) is 12.5 Å². The Morgan fingerprint density at radius 1 is 1.09 bits per heavy atom. The monoisotopic (exact) mass is 308 g/mol. The molecule has 0 bridgehead atoms. The van der Waals surface area contributed by atoms with Gasteiger partial charge < -0.3 is 10.2 Å². The van der Waals surface area contributed by atoms with Crippen molar-refractivity contribution in [2.24, 2.45) is 0 Å². The fraction of sp³-hybridized carbons (Fsp3) is 0.350. The molecule has 1 unspecified atom stereocenters. The normalized spacial score (nSPS) is 15.2. The van der Waals surface area contributed by atoms with E-state index in [4.69, 9.17) is 0 Å². The van der Waals surface area contributed by atoms with Crippen LogP contribution in [0.25, 0.3) is 0 Å². The first kappa shape index (κ1) is 15.6. The highest BCUT2D eigenvalue weighted by molar-refractivity contribution is 5.96. The van der Waals surface area contributed by atoms with Crippen molar-refractivity contribution in [2.75, 3.05) is 16.8 Å². The summed E-state index contributed by atoms with van der Waals surface area (Å²) in [6, 6.07) is 17.2. The quantitative estimate of drug-likeness (QED) is 0.879. The molecule has 0 spiro atoms. The minimum atomic E-state index is 0.233. The molecule has 1 N–H and O–H groups in total. The highest BCUT2D eigenvalue weighted by Gasteiger charge is 2.23. The van der Waals surface area contributed by atoms with Crippen LogP contribution in [0.4, 0.5) is 11.4 Å². The predicted molar refractivity (Wildman–Crippen MR) is 95.9 cm³/mol. The van der Waals surface area contributed by atoms with Crippen LogP contribution in [0.3, 0.4) is 0 Å². The Labute approximate surface area is 138 Å². The maximum absolute atomic E-state index is 12.0. The lowest BCUT2D eigenvalue weighted by Crippen LogP contribution is -2.34. The van der Waals surface area contributed by atoms with E-state index in [1.54, 1.807) is 0 Å². The van der Waals surface area contributed by atoms with Gasteiger partial charge >= 0.3 is 0 Å². The third-order valence-electron chi connectivity index (χ3n) is 4.55. The van der Waals surface area contributed by atoms with Crippen molar-refractivity contribution in [1.82, 2.24) is 0 Å². The molecular weight excluding hydrogens is 284 g/mol. The van der Waals surface area contributed by atoms with Crippen LogP contribution >= 0.6 is 0 Å². The van der Waals surface area contributed by atoms with Gasteiger partial charge in [0.05, 0.1) is 6.04 Å². The van der Waals surface area contributed by atoms with Crippen molar-refractivity contribution in [3.63, 3.8) is 0 Å². The summed E-state index contributed by atoms with van der Waals surface area (Å²) in [7, 11) is 0. The summed E-state index contributed by atoms with van der Waals surface area (Å²) >= 11 is 0. The standard InChI is InChI=1S/C20H24N2O/c1-3-18(15-8-6-5-7-9-15)21-17-11-12-19-16(14-17)10-13-20(23)22(19)4-2/h5-9,11-12,14,18,21H,3-4,10,13H2,1-2H3. The zero-order chi connectivity index (χ0) is 16.2. The van der Waals surface area contributed by atoms with Crippen molar-refractivity contribution >= 4 is 17.3 Å². The zero-order valence-electron chi connectivity index (χ0n) is 13.9. The molecule has 3 heteroatoms. The number of nitrogens with one attached hydrogen (secondary N) is 1. The summed E-state index contributed by atoms with van der Waals surface area (Å²) in [5, 5.41) is 3.64. The number of aryl methyl sites for hydroxylation is 1. The van der Waals surface area contributed by atoms with E-state index < -0.39 is 0 Å². The molecule has 3 nitrogen and oxygen atoms in total. The first-order valence-electron chi connectivity index (χ1n) is 8.47. The van der Waals surface area contributed by atoms with E-state index in [1.807, 2.05) is 17.9 Å². The fourth-order valence-corrected chi connectivity index (χ4v) is 3.30. The molecule has 1 amide bonds. The average molecular weight is 308 g/mol. The zero-order valence-corrected chi connectivity index (χ0v) is 13.9. The van der Waals surface area contributed by atoms with E-state index >= 15 is 0 Å². The van der Waals surface area contributed by atoms with Crippen molar-refractivity contribution in [3.8, 4) is 0 Å². The smallest absolute Gasteiger partial charge is 0.227 e. The van der Waals surface area contributed by atoms with Crippen LogP contribution in [0.2, 0.25) is 0 Å². The SMILES string of the molecule is CCC(Nc1ccc2c(c1)CCC(=O)N2CC)c1ccccc1. The lowest BCUT2D eigenvalue weighted by Gasteiger charge is -2.29. The number of fused-ring (bicyclic) bond motifs is 1. The van der Waals surface area contributed by atoms with Crippen LogP contribution in [0.15, 0.2) is 48.5 Å². The Kier molecular flexibility index (Phi) is 4.65. The summed E-state index contributed by atoms with van der Waals surface area (Å²) in [6.45, 7) is 4.96. The van der Waals surface area contributed by atoms with Crippen molar-refractivity contribution in [1.29, 1.82) is 0 Å². The maximum Gasteiger partial charge on any atom is 0.227 e. The second-order valence-corrected chi connectivity index (χ2v) is 6.00. The van der Waals surface area contributed by atoms with Crippen molar-refractivity contribution in [3.05, 3.63) is 59.7 Å². The van der Waals surface area contributed by atoms with Gasteiger partial charge in [-0.3, -0.25) is 4.79 Å². The van der Waals surface area contributed by atoms with E-state index in [2.05, 4.69) is 54.7 Å². The van der Waals surface area contributed by atoms with Gasteiger partial charge in [-0.15, -0.1) is 0 Å². The molecule has 1 atom stereocenters. The van der Waals surface area contributed by atoms with Crippen molar-refractivity contribution in [2.45, 2.75) is 39.2 Å². The van der Waals surface area contributed by atoms with Gasteiger partial charge in [0.25, 0.3) is 0 Å². The molecule has 2 aromatic carbocycles. The maximum atomic E-state index is 12.0. The molecule has 0 fully saturated rings. The molecule has 0 aromatic heterocycles. The summed E-state index contributed by atoms with van der Waals surface area (Å²) in [5.74, 6) is 0.233. The lowest BCUT2D eigenvalue weighted by molar-refractivity contribution is -0.118. The molecule has 120 valence electrons. The Morgan fingerprint density at radius 3 is 2.57 bits per heavy atom. The first-order chi connectivity index (χ1) is 11.2. The molecule has 1 heterocycles. The Bertz CT molecular complexity index is 681. The molecule has 3 rings (SSSR count). The van der Waals surface area contributed by atoms with Gasteiger partial charge in [-0.25, -0.2) is 0 Å². The number of nitrogens with zero attached hydrogens (tertiary/aromatic N) is 1. The topological polar surface area (TPSA) is 32.3 Å². The van der Waals surface area contributed by atoms with Crippen LogP contribution < -0.4 is 10.2 Å². The predicted octanol–water partition coefficient (Wildman–Crippen LogP) is 4.55. The third kappa shape index (κ3) is 3.24. The second kappa shape index (κ2) is 6.86. The molecular formula is C20H24N2O. The lowest BCUT2D eigenvalue weighted by atomic mass is 9.99. The van der Waals surface area contributed by atoms with Gasteiger partial charge in [-0.2, -0.15) is 0 Å². The van der Waals surface area contributed by atoms with Crippen LogP contribution in [0.5, 0.6) is 0 Å². The largest absolute Gasteiger partial charge is 0.378 e. The van der Waals surface area contributed by atoms with Gasteiger partial charge in [-0.05, 0) is 49.1 Å². The third-order valence-corrected chi connectivity index (χ3v) is 4.55. The Morgan fingerprint density at radius 2 is 1.87 bits per heavy atom. The van der Waals surface area contributed by atoms with E-state index in [-0.39, 0.29) is 5.91 Å². The Hall–Kier alpha value is -2.29. The summed E-state index contributed by atoms with van der Waals surface area (Å²) in [4.78, 5) is 13.9. The number of carbonyl (C=O) groups is 1. The van der Waals surface area contributed by atoms with Gasteiger partial charge in [0.2, 0.25) is 5.91 Å². The van der Waals surface area contributed by atoms with Crippen LogP contribution in [0.1, 0.15) is 43.9 Å². The molecule has 1 aliphatic rings. The molecule has 0 aliphatic carbocycles. The number of hydrogen-bond acceptors (Lipinski definition) is 2. The minimum absolute atomic E-state index is 0.233. The summed E-state index contributed by atoms with van der Waals surface area (Å²) in [6.07, 6.45) is 2.48. The van der Waals surface area contributed by atoms with E-state index in [9.17, 15) is 4.79 Å². The molecule has 1 aliphatic heterocycles. The molecule has 0 radical (unpaired) electrons. The molecule has 0 saturated carbocycles.